The van der Waals surface area contributed by atoms with Crippen LogP contribution in [0.5, 0.6) is 0 Å². The molecule has 0 radical (unpaired) electrons. The van der Waals surface area contributed by atoms with Crippen LogP contribution < -0.4 is 0 Å². The zero-order valence-corrected chi connectivity index (χ0v) is 18.7. The van der Waals surface area contributed by atoms with Crippen molar-refractivity contribution in [3.8, 4) is 0 Å². The van der Waals surface area contributed by atoms with Crippen molar-refractivity contribution in [3.63, 3.8) is 0 Å². The fraction of sp³-hybridized carbons (Fsp3) is 0.739. The van der Waals surface area contributed by atoms with E-state index in [1.54, 1.807) is 0 Å². The van der Waals surface area contributed by atoms with Crippen molar-refractivity contribution in [2.24, 2.45) is 0 Å². The highest BCUT2D eigenvalue weighted by atomic mass is 16.5. The van der Waals surface area contributed by atoms with Crippen LogP contribution in [0, 0.1) is 0 Å². The van der Waals surface area contributed by atoms with E-state index in [1.807, 2.05) is 21.1 Å². The van der Waals surface area contributed by atoms with Crippen LogP contribution >= 0.6 is 0 Å². The molecule has 1 atom stereocenters. The van der Waals surface area contributed by atoms with Crippen LogP contribution in [0.3, 0.4) is 0 Å². The Morgan fingerprint density at radius 3 is 2.14 bits per heavy atom. The molecule has 1 unspecified atom stereocenters. The standard InChI is InChI=1S/C23H39NO5/c1-5-6-9-12-19-15-16-20(28-19)13-10-7-8-11-14-23(27)29-21(17-22(25)26)18-24(2,3)4/h15-16,21H,5-14,17-18H2,1-4H3/p+1. The lowest BCUT2D eigenvalue weighted by Gasteiger charge is -2.28. The number of aliphatic carboxylic acids is 1. The van der Waals surface area contributed by atoms with Gasteiger partial charge in [-0.3, -0.25) is 9.59 Å². The molecule has 0 spiro atoms. The summed E-state index contributed by atoms with van der Waals surface area (Å²) in [5.41, 5.74) is 0. The fourth-order valence-electron chi connectivity index (χ4n) is 3.36. The second-order valence-electron chi connectivity index (χ2n) is 8.92. The van der Waals surface area contributed by atoms with E-state index >= 15 is 0 Å². The van der Waals surface area contributed by atoms with Crippen LogP contribution in [0.1, 0.15) is 76.2 Å². The van der Waals surface area contributed by atoms with Gasteiger partial charge >= 0.3 is 11.9 Å². The van der Waals surface area contributed by atoms with Gasteiger partial charge in [-0.25, -0.2) is 0 Å². The zero-order chi connectivity index (χ0) is 21.7. The molecule has 0 aliphatic heterocycles. The summed E-state index contributed by atoms with van der Waals surface area (Å²) in [5.74, 6) is 0.892. The molecule has 1 aromatic rings. The lowest BCUT2D eigenvalue weighted by molar-refractivity contribution is -0.873. The van der Waals surface area contributed by atoms with Crippen molar-refractivity contribution in [3.05, 3.63) is 23.7 Å². The Bertz CT molecular complexity index is 603. The Labute approximate surface area is 175 Å². The quantitative estimate of drug-likeness (QED) is 0.245. The number of nitrogens with zero attached hydrogens (tertiary/aromatic N) is 1. The van der Waals surface area contributed by atoms with Crippen LogP contribution in [-0.2, 0) is 27.2 Å². The number of rotatable bonds is 16. The van der Waals surface area contributed by atoms with E-state index in [0.29, 0.717) is 17.4 Å². The third-order valence-electron chi connectivity index (χ3n) is 4.75. The molecule has 1 N–H and O–H groups in total. The monoisotopic (exact) mass is 410 g/mol. The number of carbonyl (C=O) groups excluding carboxylic acids is 1. The Hall–Kier alpha value is -1.82. The van der Waals surface area contributed by atoms with E-state index in [2.05, 4.69) is 19.1 Å². The minimum Gasteiger partial charge on any atom is -0.481 e. The Morgan fingerprint density at radius 2 is 1.59 bits per heavy atom. The molecular formula is C23H40NO5+. The second kappa shape index (κ2) is 13.4. The second-order valence-corrected chi connectivity index (χ2v) is 8.92. The molecule has 1 heterocycles. The van der Waals surface area contributed by atoms with Gasteiger partial charge in [0, 0.05) is 19.3 Å². The van der Waals surface area contributed by atoms with E-state index in [0.717, 1.165) is 50.0 Å². The van der Waals surface area contributed by atoms with Crippen LogP contribution in [0.15, 0.2) is 16.5 Å². The number of quaternary nitrogens is 1. The number of hydrogen-bond donors (Lipinski definition) is 1. The number of furan rings is 1. The SMILES string of the molecule is CCCCCc1ccc(CCCCCCC(=O)OC(CC(=O)O)C[N+](C)(C)C)o1. The van der Waals surface area contributed by atoms with E-state index in [4.69, 9.17) is 14.3 Å². The Kier molecular flexibility index (Phi) is 11.7. The molecule has 166 valence electrons. The molecule has 6 nitrogen and oxygen atoms in total. The number of carbonyl (C=O) groups is 2. The number of hydrogen-bond acceptors (Lipinski definition) is 4. The molecule has 1 aromatic heterocycles. The van der Waals surface area contributed by atoms with Gasteiger partial charge in [0.15, 0.2) is 6.10 Å². The van der Waals surface area contributed by atoms with Crippen LogP contribution in [-0.4, -0.2) is 55.3 Å². The van der Waals surface area contributed by atoms with Crippen molar-refractivity contribution >= 4 is 11.9 Å². The summed E-state index contributed by atoms with van der Waals surface area (Å²) in [6.45, 7) is 2.69. The first-order chi connectivity index (χ1) is 13.7. The largest absolute Gasteiger partial charge is 0.481 e. The highest BCUT2D eigenvalue weighted by Gasteiger charge is 2.24. The highest BCUT2D eigenvalue weighted by Crippen LogP contribution is 2.15. The van der Waals surface area contributed by atoms with Gasteiger partial charge < -0.3 is 18.7 Å². The summed E-state index contributed by atoms with van der Waals surface area (Å²) in [5, 5.41) is 9.01. The maximum Gasteiger partial charge on any atom is 0.307 e. The molecule has 0 aliphatic carbocycles. The van der Waals surface area contributed by atoms with Crippen molar-refractivity contribution in [1.82, 2.24) is 0 Å². The minimum atomic E-state index is -0.942. The van der Waals surface area contributed by atoms with E-state index in [1.165, 1.54) is 19.3 Å². The number of unbranched alkanes of at least 4 members (excludes halogenated alkanes) is 5. The first-order valence-electron chi connectivity index (χ1n) is 11.0. The fourth-order valence-corrected chi connectivity index (χ4v) is 3.36. The minimum absolute atomic E-state index is 0.148. The smallest absolute Gasteiger partial charge is 0.307 e. The molecule has 0 aromatic carbocycles. The topological polar surface area (TPSA) is 76.7 Å². The van der Waals surface area contributed by atoms with Crippen molar-refractivity contribution in [2.45, 2.75) is 83.7 Å². The molecule has 29 heavy (non-hydrogen) atoms. The average molecular weight is 411 g/mol. The van der Waals surface area contributed by atoms with Crippen molar-refractivity contribution in [2.75, 3.05) is 27.7 Å². The number of ether oxygens (including phenoxy) is 1. The molecule has 0 amide bonds. The van der Waals surface area contributed by atoms with E-state index in [-0.39, 0.29) is 12.4 Å². The average Bonchev–Trinajstić information content (AvgIpc) is 3.03. The molecular weight excluding hydrogens is 370 g/mol. The highest BCUT2D eigenvalue weighted by molar-refractivity contribution is 5.71. The van der Waals surface area contributed by atoms with Crippen LogP contribution in [0.2, 0.25) is 0 Å². The van der Waals surface area contributed by atoms with Crippen molar-refractivity contribution < 1.29 is 28.3 Å². The maximum absolute atomic E-state index is 12.0. The summed E-state index contributed by atoms with van der Waals surface area (Å²) in [6.07, 6.45) is 9.02. The van der Waals surface area contributed by atoms with E-state index < -0.39 is 12.1 Å². The number of carboxylic acid groups (broad SMARTS) is 1. The van der Waals surface area contributed by atoms with Gasteiger partial charge in [-0.15, -0.1) is 0 Å². The third kappa shape index (κ3) is 13.1. The normalized spacial score (nSPS) is 12.7. The van der Waals surface area contributed by atoms with Gasteiger partial charge in [0.2, 0.25) is 0 Å². The summed E-state index contributed by atoms with van der Waals surface area (Å²) in [7, 11) is 5.86. The van der Waals surface area contributed by atoms with Crippen molar-refractivity contribution in [1.29, 1.82) is 0 Å². The summed E-state index contributed by atoms with van der Waals surface area (Å²) in [6, 6.07) is 4.17. The van der Waals surface area contributed by atoms with Gasteiger partial charge in [0.1, 0.15) is 18.1 Å². The summed E-state index contributed by atoms with van der Waals surface area (Å²) in [4.78, 5) is 23.0. The Balaban J connectivity index is 2.18. The van der Waals surface area contributed by atoms with Gasteiger partial charge in [-0.1, -0.05) is 32.6 Å². The molecule has 1 rings (SSSR count). The lowest BCUT2D eigenvalue weighted by atomic mass is 10.1. The summed E-state index contributed by atoms with van der Waals surface area (Å²) >= 11 is 0. The van der Waals surface area contributed by atoms with E-state index in [9.17, 15) is 9.59 Å². The molecule has 0 saturated carbocycles. The third-order valence-corrected chi connectivity index (χ3v) is 4.75. The first kappa shape index (κ1) is 25.2. The number of esters is 1. The number of likely N-dealkylation sites (N-methyl/N-ethyl adjacent to an activating group) is 1. The van der Waals surface area contributed by atoms with Crippen LogP contribution in [0.4, 0.5) is 0 Å². The van der Waals surface area contributed by atoms with Gasteiger partial charge in [0.05, 0.1) is 27.6 Å². The van der Waals surface area contributed by atoms with Gasteiger partial charge in [-0.2, -0.15) is 0 Å². The molecule has 0 bridgehead atoms. The van der Waals surface area contributed by atoms with Crippen LogP contribution in [0.25, 0.3) is 0 Å². The maximum atomic E-state index is 12.0. The molecule has 0 fully saturated rings. The Morgan fingerprint density at radius 1 is 1.00 bits per heavy atom. The first-order valence-corrected chi connectivity index (χ1v) is 11.0. The molecule has 6 heteroatoms. The number of carboxylic acids is 1. The molecule has 0 saturated heterocycles. The number of aryl methyl sites for hydroxylation is 2. The summed E-state index contributed by atoms with van der Waals surface area (Å²) < 4.78 is 11.8. The van der Waals surface area contributed by atoms with Gasteiger partial charge in [-0.05, 0) is 31.4 Å². The molecule has 0 aliphatic rings. The zero-order valence-electron chi connectivity index (χ0n) is 18.7. The van der Waals surface area contributed by atoms with Gasteiger partial charge in [0.25, 0.3) is 0 Å². The predicted molar refractivity (Wildman–Crippen MR) is 114 cm³/mol. The lowest BCUT2D eigenvalue weighted by Crippen LogP contribution is -2.43. The predicted octanol–water partition coefficient (Wildman–Crippen LogP) is 4.60.